The van der Waals surface area contributed by atoms with Crippen molar-refractivity contribution >= 4 is 34.4 Å². The van der Waals surface area contributed by atoms with E-state index in [-0.39, 0.29) is 17.7 Å². The fraction of sp³-hybridized carbons (Fsp3) is 0.182. The lowest BCUT2D eigenvalue weighted by molar-refractivity contribution is 0.102. The van der Waals surface area contributed by atoms with Crippen LogP contribution >= 0.6 is 0 Å². The Morgan fingerprint density at radius 2 is 1.65 bits per heavy atom. The van der Waals surface area contributed by atoms with E-state index in [0.717, 1.165) is 11.3 Å². The number of furan rings is 1. The Bertz CT molecular complexity index is 1290. The Balaban J connectivity index is 1.68. The first-order chi connectivity index (χ1) is 14.9. The smallest absolute Gasteiger partial charge is 0.318 e. The molecule has 0 unspecified atom stereocenters. The second-order valence-electron chi connectivity index (χ2n) is 7.07. The van der Waals surface area contributed by atoms with Gasteiger partial charge in [-0.25, -0.2) is 9.78 Å². The van der Waals surface area contributed by atoms with Gasteiger partial charge in [0, 0.05) is 24.0 Å². The molecule has 3 aromatic heterocycles. The number of hydrogen-bond acceptors (Lipinski definition) is 6. The van der Waals surface area contributed by atoms with E-state index in [9.17, 15) is 9.59 Å². The fourth-order valence-electron chi connectivity index (χ4n) is 3.33. The average molecular weight is 419 g/mol. The first-order valence-corrected chi connectivity index (χ1v) is 9.60. The first kappa shape index (κ1) is 20.1. The van der Waals surface area contributed by atoms with Crippen molar-refractivity contribution in [1.29, 1.82) is 0 Å². The Kier molecular flexibility index (Phi) is 5.16. The van der Waals surface area contributed by atoms with Gasteiger partial charge < -0.3 is 24.9 Å². The van der Waals surface area contributed by atoms with Crippen LogP contribution in [0.5, 0.6) is 0 Å². The molecule has 3 N–H and O–H groups in total. The monoisotopic (exact) mass is 419 g/mol. The minimum atomic E-state index is -0.329. The molecule has 4 aromatic rings. The minimum Gasteiger partial charge on any atom is -0.466 e. The van der Waals surface area contributed by atoms with E-state index in [1.807, 2.05) is 19.9 Å². The number of aromatic nitrogens is 2. The average Bonchev–Trinajstić information content (AvgIpc) is 3.29. The highest BCUT2D eigenvalue weighted by molar-refractivity contribution is 6.13. The van der Waals surface area contributed by atoms with E-state index in [1.165, 1.54) is 7.05 Å². The molecule has 0 radical (unpaired) electrons. The van der Waals surface area contributed by atoms with Crippen LogP contribution in [0, 0.1) is 20.8 Å². The highest BCUT2D eigenvalue weighted by Crippen LogP contribution is 2.31. The molecule has 0 bridgehead atoms. The predicted octanol–water partition coefficient (Wildman–Crippen LogP) is 4.41. The molecule has 0 saturated heterocycles. The summed E-state index contributed by atoms with van der Waals surface area (Å²) in [6.45, 7) is 5.45. The van der Waals surface area contributed by atoms with Gasteiger partial charge in [0.1, 0.15) is 11.5 Å². The molecule has 0 atom stereocenters. The number of urea groups is 1. The van der Waals surface area contributed by atoms with Gasteiger partial charge in [0.2, 0.25) is 0 Å². The van der Waals surface area contributed by atoms with Crippen molar-refractivity contribution in [3.05, 3.63) is 59.2 Å². The molecule has 0 spiro atoms. The molecule has 0 aliphatic rings. The molecule has 31 heavy (non-hydrogen) atoms. The number of rotatable bonds is 4. The van der Waals surface area contributed by atoms with Crippen LogP contribution in [0.2, 0.25) is 0 Å². The van der Waals surface area contributed by atoms with Crippen LogP contribution in [0.1, 0.15) is 27.6 Å². The van der Waals surface area contributed by atoms with Gasteiger partial charge in [-0.1, -0.05) is 5.16 Å². The van der Waals surface area contributed by atoms with E-state index in [0.29, 0.717) is 39.5 Å². The van der Waals surface area contributed by atoms with Crippen molar-refractivity contribution in [2.24, 2.45) is 0 Å². The summed E-state index contributed by atoms with van der Waals surface area (Å²) in [5.41, 5.74) is 3.77. The van der Waals surface area contributed by atoms with Gasteiger partial charge in [-0.2, -0.15) is 0 Å². The quantitative estimate of drug-likeness (QED) is 0.450. The van der Waals surface area contributed by atoms with Crippen molar-refractivity contribution in [1.82, 2.24) is 15.5 Å². The Labute approximate surface area is 177 Å². The third kappa shape index (κ3) is 3.97. The number of fused-ring (bicyclic) bond motifs is 1. The number of nitrogens with one attached hydrogen (secondary N) is 3. The summed E-state index contributed by atoms with van der Waals surface area (Å²) >= 11 is 0. The van der Waals surface area contributed by atoms with Gasteiger partial charge >= 0.3 is 6.03 Å². The minimum absolute atomic E-state index is 0.281. The highest BCUT2D eigenvalue weighted by Gasteiger charge is 2.21. The molecule has 3 amide bonds. The predicted molar refractivity (Wildman–Crippen MR) is 116 cm³/mol. The molecule has 4 rings (SSSR count). The van der Waals surface area contributed by atoms with Crippen LogP contribution in [0.15, 0.2) is 45.3 Å². The number of hydrogen-bond donors (Lipinski definition) is 3. The Morgan fingerprint density at radius 3 is 2.26 bits per heavy atom. The van der Waals surface area contributed by atoms with E-state index in [4.69, 9.17) is 8.94 Å². The maximum Gasteiger partial charge on any atom is 0.318 e. The third-order valence-corrected chi connectivity index (χ3v) is 4.81. The second-order valence-corrected chi connectivity index (χ2v) is 7.07. The number of benzene rings is 1. The zero-order valence-corrected chi connectivity index (χ0v) is 17.5. The van der Waals surface area contributed by atoms with Gasteiger partial charge in [-0.3, -0.25) is 4.79 Å². The number of amides is 3. The van der Waals surface area contributed by atoms with Gasteiger partial charge in [0.25, 0.3) is 11.6 Å². The molecule has 9 heteroatoms. The maximum absolute atomic E-state index is 13.1. The molecule has 0 fully saturated rings. The summed E-state index contributed by atoms with van der Waals surface area (Å²) in [7, 11) is 1.53. The summed E-state index contributed by atoms with van der Waals surface area (Å²) in [4.78, 5) is 29.1. The molecular formula is C22H21N5O4. The third-order valence-electron chi connectivity index (χ3n) is 4.81. The van der Waals surface area contributed by atoms with Crippen LogP contribution in [0.3, 0.4) is 0 Å². The number of carbonyl (C=O) groups excluding carboxylic acids is 2. The molecule has 158 valence electrons. The van der Waals surface area contributed by atoms with Crippen molar-refractivity contribution in [2.45, 2.75) is 20.8 Å². The van der Waals surface area contributed by atoms with Crippen LogP contribution in [0.25, 0.3) is 22.4 Å². The van der Waals surface area contributed by atoms with E-state index in [2.05, 4.69) is 26.1 Å². The zero-order chi connectivity index (χ0) is 22.1. The van der Waals surface area contributed by atoms with Gasteiger partial charge in [-0.05, 0) is 57.2 Å². The number of aryl methyl sites for hydroxylation is 3. The summed E-state index contributed by atoms with van der Waals surface area (Å²) in [6.07, 6.45) is 0. The Morgan fingerprint density at radius 1 is 0.968 bits per heavy atom. The summed E-state index contributed by atoms with van der Waals surface area (Å²) < 4.78 is 11.0. The number of anilines is 2. The normalized spacial score (nSPS) is 10.8. The largest absolute Gasteiger partial charge is 0.466 e. The molecule has 0 saturated carbocycles. The highest BCUT2D eigenvalue weighted by atomic mass is 16.5. The summed E-state index contributed by atoms with van der Waals surface area (Å²) in [5.74, 6) is 1.12. The lowest BCUT2D eigenvalue weighted by Crippen LogP contribution is -2.24. The fourth-order valence-corrected chi connectivity index (χ4v) is 3.33. The first-order valence-electron chi connectivity index (χ1n) is 9.60. The molecular weight excluding hydrogens is 398 g/mol. The maximum atomic E-state index is 13.1. The summed E-state index contributed by atoms with van der Waals surface area (Å²) in [5, 5.41) is 12.5. The SMILES string of the molecule is CNC(=O)Nc1ccc(NC(=O)c2cc(-c3cc(C)oc3C)nc3onc(C)c23)cc1. The van der Waals surface area contributed by atoms with Gasteiger partial charge in [0.15, 0.2) is 0 Å². The lowest BCUT2D eigenvalue weighted by atomic mass is 10.1. The molecule has 0 aliphatic carbocycles. The molecule has 0 aliphatic heterocycles. The molecule has 1 aromatic carbocycles. The zero-order valence-electron chi connectivity index (χ0n) is 17.5. The van der Waals surface area contributed by atoms with Crippen LogP contribution in [-0.2, 0) is 0 Å². The van der Waals surface area contributed by atoms with Crippen molar-refractivity contribution in [3.63, 3.8) is 0 Å². The number of pyridine rings is 1. The van der Waals surface area contributed by atoms with Crippen LogP contribution < -0.4 is 16.0 Å². The number of carbonyl (C=O) groups is 2. The second kappa shape index (κ2) is 7.94. The molecule has 9 nitrogen and oxygen atoms in total. The van der Waals surface area contributed by atoms with Gasteiger partial charge in [-0.15, -0.1) is 0 Å². The molecule has 3 heterocycles. The lowest BCUT2D eigenvalue weighted by Gasteiger charge is -2.09. The van der Waals surface area contributed by atoms with E-state index >= 15 is 0 Å². The topological polar surface area (TPSA) is 122 Å². The van der Waals surface area contributed by atoms with E-state index in [1.54, 1.807) is 37.3 Å². The standard InChI is InChI=1S/C22H21N5O4/c1-11-9-16(13(3)30-11)18-10-17(19-12(2)27-31-21(19)26-18)20(28)24-14-5-7-15(8-6-14)25-22(29)23-4/h5-10H,1-4H3,(H,24,28)(H2,23,25,29). The van der Waals surface area contributed by atoms with Crippen LogP contribution in [0.4, 0.5) is 16.2 Å². The van der Waals surface area contributed by atoms with Crippen molar-refractivity contribution in [3.8, 4) is 11.3 Å². The van der Waals surface area contributed by atoms with Crippen molar-refractivity contribution in [2.75, 3.05) is 17.7 Å². The van der Waals surface area contributed by atoms with Crippen LogP contribution in [-0.4, -0.2) is 29.1 Å². The Hall–Kier alpha value is -4.14. The van der Waals surface area contributed by atoms with Crippen molar-refractivity contribution < 1.29 is 18.5 Å². The van der Waals surface area contributed by atoms with E-state index < -0.39 is 0 Å². The summed E-state index contributed by atoms with van der Waals surface area (Å²) in [6, 6.07) is 10.0. The van der Waals surface area contributed by atoms with Gasteiger partial charge in [0.05, 0.1) is 22.3 Å². The number of nitrogens with zero attached hydrogens (tertiary/aromatic N) is 2.